The van der Waals surface area contributed by atoms with Crippen molar-refractivity contribution in [2.45, 2.75) is 13.8 Å². The summed E-state index contributed by atoms with van der Waals surface area (Å²) in [5.74, 6) is 0.993. The Kier molecular flexibility index (Phi) is 3.67. The van der Waals surface area contributed by atoms with Crippen LogP contribution in [0, 0.1) is 6.92 Å². The van der Waals surface area contributed by atoms with Gasteiger partial charge in [0.1, 0.15) is 5.75 Å². The fourth-order valence-electron chi connectivity index (χ4n) is 1.47. The van der Waals surface area contributed by atoms with E-state index in [0.717, 1.165) is 5.56 Å². The van der Waals surface area contributed by atoms with E-state index >= 15 is 0 Å². The van der Waals surface area contributed by atoms with E-state index in [4.69, 9.17) is 9.15 Å². The first-order valence-corrected chi connectivity index (χ1v) is 5.81. The smallest absolute Gasteiger partial charge is 0.290 e. The highest BCUT2D eigenvalue weighted by Gasteiger charge is 2.10. The Morgan fingerprint density at radius 1 is 1.22 bits per heavy atom. The Morgan fingerprint density at radius 3 is 2.61 bits per heavy atom. The molecule has 1 amide bonds. The minimum Gasteiger partial charge on any atom is -0.426 e. The van der Waals surface area contributed by atoms with Crippen LogP contribution in [0.3, 0.4) is 0 Å². The summed E-state index contributed by atoms with van der Waals surface area (Å²) in [6.07, 6.45) is 0. The molecule has 0 atom stereocenters. The van der Waals surface area contributed by atoms with Gasteiger partial charge >= 0.3 is 0 Å². The van der Waals surface area contributed by atoms with E-state index in [9.17, 15) is 4.79 Å². The van der Waals surface area contributed by atoms with E-state index < -0.39 is 0 Å². The average molecular weight is 245 g/mol. The zero-order valence-electron chi connectivity index (χ0n) is 10.4. The molecule has 0 aliphatic rings. The average Bonchev–Trinajstić information content (AvgIpc) is 2.81. The first kappa shape index (κ1) is 12.2. The van der Waals surface area contributed by atoms with Crippen LogP contribution in [0.2, 0.25) is 0 Å². The van der Waals surface area contributed by atoms with Crippen LogP contribution in [0.15, 0.2) is 40.8 Å². The Bertz CT molecular complexity index is 528. The maximum atomic E-state index is 11.5. The molecule has 4 nitrogen and oxygen atoms in total. The third-order valence-corrected chi connectivity index (χ3v) is 2.38. The fourth-order valence-corrected chi connectivity index (χ4v) is 1.47. The van der Waals surface area contributed by atoms with Crippen LogP contribution in [0.1, 0.15) is 23.0 Å². The second kappa shape index (κ2) is 5.40. The van der Waals surface area contributed by atoms with Gasteiger partial charge in [-0.05, 0) is 32.0 Å². The Labute approximate surface area is 106 Å². The van der Waals surface area contributed by atoms with Gasteiger partial charge in [0.15, 0.2) is 5.76 Å². The summed E-state index contributed by atoms with van der Waals surface area (Å²) >= 11 is 0. The number of carbonyl (C=O) groups excluding carboxylic acids is 1. The third kappa shape index (κ3) is 2.91. The van der Waals surface area contributed by atoms with Gasteiger partial charge in [-0.3, -0.25) is 4.79 Å². The highest BCUT2D eigenvalue weighted by atomic mass is 16.6. The van der Waals surface area contributed by atoms with Crippen LogP contribution >= 0.6 is 0 Å². The highest BCUT2D eigenvalue weighted by Crippen LogP contribution is 2.23. The number of benzene rings is 1. The predicted octanol–water partition coefficient (Wildman–Crippen LogP) is 3.13. The van der Waals surface area contributed by atoms with Crippen molar-refractivity contribution in [3.8, 4) is 11.7 Å². The fraction of sp³-hybridized carbons (Fsp3) is 0.214. The van der Waals surface area contributed by atoms with Gasteiger partial charge in [0, 0.05) is 12.6 Å². The number of hydrogen-bond donors (Lipinski definition) is 1. The lowest BCUT2D eigenvalue weighted by Gasteiger charge is -2.02. The molecule has 0 bridgehead atoms. The molecule has 0 radical (unpaired) electrons. The molecule has 1 heterocycles. The molecule has 1 aromatic carbocycles. The third-order valence-electron chi connectivity index (χ3n) is 2.38. The van der Waals surface area contributed by atoms with Gasteiger partial charge in [-0.15, -0.1) is 0 Å². The summed E-state index contributed by atoms with van der Waals surface area (Å²) in [5.41, 5.74) is 1.16. The van der Waals surface area contributed by atoms with Crippen molar-refractivity contribution in [3.05, 3.63) is 47.7 Å². The molecule has 0 aliphatic carbocycles. The maximum Gasteiger partial charge on any atom is 0.290 e. The summed E-state index contributed by atoms with van der Waals surface area (Å²) in [5, 5.41) is 2.66. The first-order chi connectivity index (χ1) is 8.69. The van der Waals surface area contributed by atoms with Gasteiger partial charge < -0.3 is 14.5 Å². The number of aryl methyl sites for hydroxylation is 1. The number of ether oxygens (including phenoxy) is 1. The lowest BCUT2D eigenvalue weighted by atomic mass is 10.2. The molecular formula is C14H15NO3. The Hall–Kier alpha value is -2.23. The van der Waals surface area contributed by atoms with E-state index in [0.29, 0.717) is 18.2 Å². The van der Waals surface area contributed by atoms with Crippen molar-refractivity contribution in [3.63, 3.8) is 0 Å². The maximum absolute atomic E-state index is 11.5. The lowest BCUT2D eigenvalue weighted by Crippen LogP contribution is -2.21. The van der Waals surface area contributed by atoms with Crippen molar-refractivity contribution in [1.82, 2.24) is 5.32 Å². The van der Waals surface area contributed by atoms with E-state index in [2.05, 4.69) is 5.32 Å². The minimum atomic E-state index is -0.240. The van der Waals surface area contributed by atoms with Crippen molar-refractivity contribution < 1.29 is 13.9 Å². The summed E-state index contributed by atoms with van der Waals surface area (Å²) < 4.78 is 10.8. The molecule has 2 aromatic rings. The molecule has 1 N–H and O–H groups in total. The Balaban J connectivity index is 2.06. The summed E-state index contributed by atoms with van der Waals surface area (Å²) in [6, 6.07) is 10.8. The molecule has 2 rings (SSSR count). The van der Waals surface area contributed by atoms with Crippen LogP contribution < -0.4 is 10.1 Å². The van der Waals surface area contributed by atoms with Crippen molar-refractivity contribution in [2.24, 2.45) is 0 Å². The Morgan fingerprint density at radius 2 is 1.94 bits per heavy atom. The normalized spacial score (nSPS) is 10.1. The van der Waals surface area contributed by atoms with Gasteiger partial charge in [-0.1, -0.05) is 17.7 Å². The zero-order chi connectivity index (χ0) is 13.0. The second-order valence-electron chi connectivity index (χ2n) is 3.89. The van der Waals surface area contributed by atoms with Gasteiger partial charge in [0.05, 0.1) is 0 Å². The van der Waals surface area contributed by atoms with E-state index in [-0.39, 0.29) is 11.7 Å². The van der Waals surface area contributed by atoms with Gasteiger partial charge in [-0.2, -0.15) is 0 Å². The second-order valence-corrected chi connectivity index (χ2v) is 3.89. The number of carbonyl (C=O) groups is 1. The number of amides is 1. The molecule has 0 saturated heterocycles. The van der Waals surface area contributed by atoms with Crippen LogP contribution in [0.25, 0.3) is 0 Å². The molecule has 0 fully saturated rings. The summed E-state index contributed by atoms with van der Waals surface area (Å²) in [4.78, 5) is 11.5. The monoisotopic (exact) mass is 245 g/mol. The molecule has 94 valence electrons. The molecule has 0 aliphatic heterocycles. The highest BCUT2D eigenvalue weighted by molar-refractivity contribution is 5.91. The van der Waals surface area contributed by atoms with Gasteiger partial charge in [-0.25, -0.2) is 0 Å². The lowest BCUT2D eigenvalue weighted by molar-refractivity contribution is 0.0923. The number of rotatable bonds is 4. The largest absolute Gasteiger partial charge is 0.426 e. The molecule has 18 heavy (non-hydrogen) atoms. The summed E-state index contributed by atoms with van der Waals surface area (Å²) in [6.45, 7) is 4.42. The van der Waals surface area contributed by atoms with E-state index in [1.165, 1.54) is 0 Å². The van der Waals surface area contributed by atoms with Crippen LogP contribution in [-0.2, 0) is 0 Å². The number of hydrogen-bond acceptors (Lipinski definition) is 3. The first-order valence-electron chi connectivity index (χ1n) is 5.81. The van der Waals surface area contributed by atoms with E-state index in [1.807, 2.05) is 38.1 Å². The van der Waals surface area contributed by atoms with Gasteiger partial charge in [0.2, 0.25) is 0 Å². The topological polar surface area (TPSA) is 51.5 Å². The standard InChI is InChI=1S/C14H15NO3/c1-3-15-14(16)12-8-9-13(18-12)17-11-6-4-10(2)5-7-11/h4-9H,3H2,1-2H3,(H,15,16). The van der Waals surface area contributed by atoms with Crippen LogP contribution in [0.5, 0.6) is 11.7 Å². The van der Waals surface area contributed by atoms with Crippen molar-refractivity contribution >= 4 is 5.91 Å². The zero-order valence-corrected chi connectivity index (χ0v) is 10.4. The summed E-state index contributed by atoms with van der Waals surface area (Å²) in [7, 11) is 0. The van der Waals surface area contributed by atoms with Crippen LogP contribution in [0.4, 0.5) is 0 Å². The number of nitrogens with one attached hydrogen (secondary N) is 1. The van der Waals surface area contributed by atoms with E-state index in [1.54, 1.807) is 12.1 Å². The molecule has 0 saturated carbocycles. The molecule has 0 spiro atoms. The van der Waals surface area contributed by atoms with Crippen LogP contribution in [-0.4, -0.2) is 12.5 Å². The molecular weight excluding hydrogens is 230 g/mol. The van der Waals surface area contributed by atoms with Gasteiger partial charge in [0.25, 0.3) is 11.9 Å². The molecule has 1 aromatic heterocycles. The quantitative estimate of drug-likeness (QED) is 0.900. The molecule has 4 heteroatoms. The van der Waals surface area contributed by atoms with Crippen molar-refractivity contribution in [2.75, 3.05) is 6.54 Å². The minimum absolute atomic E-state index is 0.240. The SMILES string of the molecule is CCNC(=O)c1ccc(Oc2ccc(C)cc2)o1. The predicted molar refractivity (Wildman–Crippen MR) is 68.0 cm³/mol. The number of furan rings is 1. The molecule has 0 unspecified atom stereocenters. The van der Waals surface area contributed by atoms with Crippen molar-refractivity contribution in [1.29, 1.82) is 0 Å².